The number of rotatable bonds is 4. The number of benzene rings is 1. The zero-order chi connectivity index (χ0) is 15.4. The van der Waals surface area contributed by atoms with Gasteiger partial charge in [-0.15, -0.1) is 0 Å². The third-order valence-electron chi connectivity index (χ3n) is 3.71. The second-order valence-corrected chi connectivity index (χ2v) is 6.20. The zero-order valence-corrected chi connectivity index (χ0v) is 13.6. The SMILES string of the molecule is O=C(NC1CCCC1)c1cnc(Nc2ccccc2Br)cn1. The maximum Gasteiger partial charge on any atom is 0.271 e. The van der Waals surface area contributed by atoms with Crippen molar-refractivity contribution in [3.8, 4) is 0 Å². The summed E-state index contributed by atoms with van der Waals surface area (Å²) >= 11 is 3.47. The number of hydrogen-bond acceptors (Lipinski definition) is 4. The minimum Gasteiger partial charge on any atom is -0.348 e. The highest BCUT2D eigenvalue weighted by Gasteiger charge is 2.18. The molecule has 0 unspecified atom stereocenters. The van der Waals surface area contributed by atoms with E-state index in [-0.39, 0.29) is 11.9 Å². The van der Waals surface area contributed by atoms with E-state index in [9.17, 15) is 4.79 Å². The molecular weight excluding hydrogens is 344 g/mol. The Kier molecular flexibility index (Phi) is 4.68. The summed E-state index contributed by atoms with van der Waals surface area (Å²) < 4.78 is 0.944. The number of anilines is 2. The second kappa shape index (κ2) is 6.87. The Morgan fingerprint density at radius 2 is 1.91 bits per heavy atom. The van der Waals surface area contributed by atoms with Crippen LogP contribution in [0.15, 0.2) is 41.1 Å². The van der Waals surface area contributed by atoms with Crippen molar-refractivity contribution in [3.05, 3.63) is 46.8 Å². The number of amides is 1. The van der Waals surface area contributed by atoms with Crippen molar-refractivity contribution in [2.75, 3.05) is 5.32 Å². The third-order valence-corrected chi connectivity index (χ3v) is 4.40. The highest BCUT2D eigenvalue weighted by molar-refractivity contribution is 9.10. The fourth-order valence-corrected chi connectivity index (χ4v) is 2.92. The van der Waals surface area contributed by atoms with Gasteiger partial charge in [0.15, 0.2) is 0 Å². The Bertz CT molecular complexity index is 653. The first-order valence-corrected chi connectivity index (χ1v) is 8.16. The van der Waals surface area contributed by atoms with E-state index in [0.29, 0.717) is 11.5 Å². The van der Waals surface area contributed by atoms with Crippen molar-refractivity contribution in [1.29, 1.82) is 0 Å². The number of para-hydroxylation sites is 1. The second-order valence-electron chi connectivity index (χ2n) is 5.35. The Morgan fingerprint density at radius 3 is 2.59 bits per heavy atom. The molecule has 6 heteroatoms. The lowest BCUT2D eigenvalue weighted by molar-refractivity contribution is 0.0932. The zero-order valence-electron chi connectivity index (χ0n) is 12.1. The molecule has 1 amide bonds. The monoisotopic (exact) mass is 360 g/mol. The molecule has 22 heavy (non-hydrogen) atoms. The van der Waals surface area contributed by atoms with E-state index in [1.807, 2.05) is 24.3 Å². The molecule has 1 aliphatic rings. The summed E-state index contributed by atoms with van der Waals surface area (Å²) in [5.41, 5.74) is 1.25. The Morgan fingerprint density at radius 1 is 1.14 bits per heavy atom. The van der Waals surface area contributed by atoms with Crippen LogP contribution in [-0.2, 0) is 0 Å². The molecule has 0 spiro atoms. The van der Waals surface area contributed by atoms with E-state index in [1.165, 1.54) is 19.0 Å². The van der Waals surface area contributed by atoms with Crippen molar-refractivity contribution >= 4 is 33.3 Å². The molecule has 5 nitrogen and oxygen atoms in total. The van der Waals surface area contributed by atoms with Crippen LogP contribution in [0.25, 0.3) is 0 Å². The number of carbonyl (C=O) groups excluding carboxylic acids is 1. The van der Waals surface area contributed by atoms with Crippen LogP contribution >= 0.6 is 15.9 Å². The minimum absolute atomic E-state index is 0.146. The fourth-order valence-electron chi connectivity index (χ4n) is 2.54. The van der Waals surface area contributed by atoms with E-state index < -0.39 is 0 Å². The molecular formula is C16H17BrN4O. The molecule has 1 aromatic carbocycles. The van der Waals surface area contributed by atoms with Crippen LogP contribution in [0.4, 0.5) is 11.5 Å². The highest BCUT2D eigenvalue weighted by atomic mass is 79.9. The number of hydrogen-bond donors (Lipinski definition) is 2. The van der Waals surface area contributed by atoms with Crippen LogP contribution in [0.5, 0.6) is 0 Å². The van der Waals surface area contributed by atoms with E-state index in [2.05, 4.69) is 36.5 Å². The van der Waals surface area contributed by atoms with E-state index >= 15 is 0 Å². The van der Waals surface area contributed by atoms with Gasteiger partial charge in [0.2, 0.25) is 0 Å². The quantitative estimate of drug-likeness (QED) is 0.872. The smallest absolute Gasteiger partial charge is 0.271 e. The molecule has 2 aromatic rings. The Balaban J connectivity index is 1.64. The lowest BCUT2D eigenvalue weighted by atomic mass is 10.2. The van der Waals surface area contributed by atoms with Gasteiger partial charge in [0.25, 0.3) is 5.91 Å². The molecule has 0 aliphatic heterocycles. The van der Waals surface area contributed by atoms with Crippen molar-refractivity contribution in [3.63, 3.8) is 0 Å². The molecule has 1 saturated carbocycles. The fraction of sp³-hybridized carbons (Fsp3) is 0.312. The van der Waals surface area contributed by atoms with Crippen molar-refractivity contribution in [1.82, 2.24) is 15.3 Å². The standard InChI is InChI=1S/C16H17BrN4O/c17-12-7-3-4-8-13(12)21-15-10-18-14(9-19-15)16(22)20-11-5-1-2-6-11/h3-4,7-11H,1-2,5-6H2,(H,19,21)(H,20,22). The van der Waals surface area contributed by atoms with Crippen LogP contribution in [-0.4, -0.2) is 21.9 Å². The summed E-state index contributed by atoms with van der Waals surface area (Å²) in [5, 5.41) is 6.16. The van der Waals surface area contributed by atoms with Gasteiger partial charge >= 0.3 is 0 Å². The molecule has 2 N–H and O–H groups in total. The minimum atomic E-state index is -0.146. The van der Waals surface area contributed by atoms with E-state index in [4.69, 9.17) is 0 Å². The van der Waals surface area contributed by atoms with Gasteiger partial charge in [-0.05, 0) is 40.9 Å². The van der Waals surface area contributed by atoms with Crippen LogP contribution in [0.2, 0.25) is 0 Å². The Hall–Kier alpha value is -1.95. The van der Waals surface area contributed by atoms with Gasteiger partial charge in [-0.2, -0.15) is 0 Å². The number of nitrogens with zero attached hydrogens (tertiary/aromatic N) is 2. The van der Waals surface area contributed by atoms with Gasteiger partial charge < -0.3 is 10.6 Å². The summed E-state index contributed by atoms with van der Waals surface area (Å²) in [7, 11) is 0. The van der Waals surface area contributed by atoms with Gasteiger partial charge in [0, 0.05) is 10.5 Å². The Labute approximate surface area is 137 Å². The van der Waals surface area contributed by atoms with Crippen LogP contribution < -0.4 is 10.6 Å². The topological polar surface area (TPSA) is 66.9 Å². The van der Waals surface area contributed by atoms with Gasteiger partial charge in [-0.1, -0.05) is 25.0 Å². The maximum absolute atomic E-state index is 12.1. The average Bonchev–Trinajstić information content (AvgIpc) is 3.03. The van der Waals surface area contributed by atoms with Crippen LogP contribution in [0.1, 0.15) is 36.2 Å². The van der Waals surface area contributed by atoms with Gasteiger partial charge in [0.05, 0.1) is 18.1 Å². The normalized spacial score (nSPS) is 14.8. The summed E-state index contributed by atoms with van der Waals surface area (Å²) in [6.45, 7) is 0. The van der Waals surface area contributed by atoms with Crippen molar-refractivity contribution in [2.45, 2.75) is 31.7 Å². The summed E-state index contributed by atoms with van der Waals surface area (Å²) in [4.78, 5) is 20.5. The highest BCUT2D eigenvalue weighted by Crippen LogP contribution is 2.24. The summed E-state index contributed by atoms with van der Waals surface area (Å²) in [6, 6.07) is 8.04. The first-order chi connectivity index (χ1) is 10.7. The number of halogens is 1. The molecule has 0 saturated heterocycles. The van der Waals surface area contributed by atoms with Crippen LogP contribution in [0.3, 0.4) is 0 Å². The molecule has 0 atom stereocenters. The summed E-state index contributed by atoms with van der Waals surface area (Å²) in [5.74, 6) is 0.455. The third kappa shape index (κ3) is 3.62. The van der Waals surface area contributed by atoms with Gasteiger partial charge in [-0.3, -0.25) is 4.79 Å². The average molecular weight is 361 g/mol. The van der Waals surface area contributed by atoms with Gasteiger partial charge in [-0.25, -0.2) is 9.97 Å². The maximum atomic E-state index is 12.1. The molecule has 1 aliphatic carbocycles. The lowest BCUT2D eigenvalue weighted by Crippen LogP contribution is -2.33. The molecule has 1 heterocycles. The van der Waals surface area contributed by atoms with E-state index in [0.717, 1.165) is 23.0 Å². The van der Waals surface area contributed by atoms with Crippen LogP contribution in [0, 0.1) is 0 Å². The predicted molar refractivity (Wildman–Crippen MR) is 89.2 cm³/mol. The molecule has 1 aromatic heterocycles. The molecule has 114 valence electrons. The molecule has 3 rings (SSSR count). The van der Waals surface area contributed by atoms with E-state index in [1.54, 1.807) is 6.20 Å². The summed E-state index contributed by atoms with van der Waals surface area (Å²) in [6.07, 6.45) is 7.56. The lowest BCUT2D eigenvalue weighted by Gasteiger charge is -2.11. The largest absolute Gasteiger partial charge is 0.348 e. The first kappa shape index (κ1) is 15.0. The van der Waals surface area contributed by atoms with Crippen molar-refractivity contribution in [2.24, 2.45) is 0 Å². The predicted octanol–water partition coefficient (Wildman–Crippen LogP) is 3.66. The number of carbonyl (C=O) groups is 1. The number of nitrogens with one attached hydrogen (secondary N) is 2. The molecule has 0 radical (unpaired) electrons. The molecule has 0 bridgehead atoms. The molecule has 1 fully saturated rings. The van der Waals surface area contributed by atoms with Gasteiger partial charge in [0.1, 0.15) is 11.5 Å². The number of aromatic nitrogens is 2. The van der Waals surface area contributed by atoms with Crippen molar-refractivity contribution < 1.29 is 4.79 Å². The first-order valence-electron chi connectivity index (χ1n) is 7.37.